The largest absolute Gasteiger partial charge is 0.481 e. The Bertz CT molecular complexity index is 644. The molecule has 0 amide bonds. The van der Waals surface area contributed by atoms with Gasteiger partial charge >= 0.3 is 5.97 Å². The quantitative estimate of drug-likeness (QED) is 0.827. The number of likely N-dealkylation sites (tertiary alicyclic amines) is 1. The summed E-state index contributed by atoms with van der Waals surface area (Å²) in [4.78, 5) is 16.5. The van der Waals surface area contributed by atoms with Gasteiger partial charge in [0.05, 0.1) is 6.42 Å². The van der Waals surface area contributed by atoms with Crippen LogP contribution in [0.4, 0.5) is 0 Å². The van der Waals surface area contributed by atoms with E-state index in [9.17, 15) is 4.79 Å². The minimum atomic E-state index is -0.759. The van der Waals surface area contributed by atoms with E-state index in [1.54, 1.807) is 0 Å². The summed E-state index contributed by atoms with van der Waals surface area (Å²) in [6, 6.07) is 9.82. The van der Waals surface area contributed by atoms with Gasteiger partial charge in [0.25, 0.3) is 0 Å². The van der Waals surface area contributed by atoms with Crippen molar-refractivity contribution in [2.24, 2.45) is 11.8 Å². The molecule has 3 aliphatic rings. The molecule has 0 aliphatic carbocycles. The molecule has 0 aromatic heterocycles. The van der Waals surface area contributed by atoms with E-state index in [-0.39, 0.29) is 6.42 Å². The van der Waals surface area contributed by atoms with Crippen molar-refractivity contribution in [2.75, 3.05) is 19.6 Å². The third-order valence-corrected chi connectivity index (χ3v) is 7.07. The van der Waals surface area contributed by atoms with Crippen molar-refractivity contribution in [3.05, 3.63) is 35.4 Å². The van der Waals surface area contributed by atoms with Crippen molar-refractivity contribution in [3.8, 4) is 0 Å². The topological polar surface area (TPSA) is 43.8 Å². The van der Waals surface area contributed by atoms with Crippen molar-refractivity contribution in [1.82, 2.24) is 9.80 Å². The monoisotopic (exact) mass is 370 g/mol. The first-order valence-corrected chi connectivity index (χ1v) is 10.9. The van der Waals surface area contributed by atoms with E-state index >= 15 is 0 Å². The van der Waals surface area contributed by atoms with E-state index in [1.165, 1.54) is 63.7 Å². The highest BCUT2D eigenvalue weighted by Crippen LogP contribution is 2.42. The van der Waals surface area contributed by atoms with Crippen molar-refractivity contribution in [2.45, 2.75) is 70.5 Å². The highest BCUT2D eigenvalue weighted by atomic mass is 16.4. The van der Waals surface area contributed by atoms with Gasteiger partial charge < -0.3 is 5.11 Å². The van der Waals surface area contributed by atoms with Crippen LogP contribution in [0.1, 0.15) is 56.6 Å². The number of carbonyl (C=O) groups is 1. The predicted molar refractivity (Wildman–Crippen MR) is 108 cm³/mol. The Morgan fingerprint density at radius 1 is 1.11 bits per heavy atom. The van der Waals surface area contributed by atoms with Crippen LogP contribution in [0.15, 0.2) is 24.3 Å². The van der Waals surface area contributed by atoms with Crippen LogP contribution in [0.2, 0.25) is 0 Å². The Balaban J connectivity index is 1.44. The molecule has 3 heterocycles. The van der Waals surface area contributed by atoms with Crippen molar-refractivity contribution in [3.63, 3.8) is 0 Å². The number of nitrogens with zero attached hydrogens (tertiary/aromatic N) is 2. The average molecular weight is 371 g/mol. The zero-order chi connectivity index (χ0) is 18.8. The summed E-state index contributed by atoms with van der Waals surface area (Å²) in [5, 5.41) is 8.94. The summed E-state index contributed by atoms with van der Waals surface area (Å²) in [6.07, 6.45) is 8.39. The molecule has 148 valence electrons. The molecule has 27 heavy (non-hydrogen) atoms. The number of aliphatic carboxylic acids is 1. The van der Waals surface area contributed by atoms with Crippen molar-refractivity contribution in [1.29, 1.82) is 0 Å². The zero-order valence-corrected chi connectivity index (χ0v) is 16.6. The molecule has 1 aromatic carbocycles. The summed E-state index contributed by atoms with van der Waals surface area (Å²) < 4.78 is 0. The number of carboxylic acids is 1. The highest BCUT2D eigenvalue weighted by molar-refractivity contribution is 5.70. The van der Waals surface area contributed by atoms with E-state index in [1.807, 2.05) is 12.1 Å². The van der Waals surface area contributed by atoms with Gasteiger partial charge in [-0.1, -0.05) is 44.0 Å². The predicted octanol–water partition coefficient (Wildman–Crippen LogP) is 3.79. The lowest BCUT2D eigenvalue weighted by Crippen LogP contribution is -2.63. The third-order valence-electron chi connectivity index (χ3n) is 7.07. The molecule has 3 saturated heterocycles. The molecule has 0 radical (unpaired) electrons. The molecule has 3 fully saturated rings. The summed E-state index contributed by atoms with van der Waals surface area (Å²) in [7, 11) is 0. The summed E-state index contributed by atoms with van der Waals surface area (Å²) in [5.41, 5.74) is 2.21. The van der Waals surface area contributed by atoms with Crippen LogP contribution in [0.3, 0.4) is 0 Å². The van der Waals surface area contributed by atoms with Gasteiger partial charge in [0, 0.05) is 31.7 Å². The van der Waals surface area contributed by atoms with Crippen LogP contribution in [0.5, 0.6) is 0 Å². The fraction of sp³-hybridized carbons (Fsp3) is 0.696. The van der Waals surface area contributed by atoms with E-state index in [2.05, 4.69) is 28.9 Å². The third kappa shape index (κ3) is 4.22. The van der Waals surface area contributed by atoms with Gasteiger partial charge in [0.15, 0.2) is 0 Å². The highest BCUT2D eigenvalue weighted by Gasteiger charge is 2.46. The summed E-state index contributed by atoms with van der Waals surface area (Å²) in [5.74, 6) is 0.901. The van der Waals surface area contributed by atoms with Gasteiger partial charge in [-0.05, 0) is 55.2 Å². The number of benzene rings is 1. The number of hydrogen-bond acceptors (Lipinski definition) is 3. The Morgan fingerprint density at radius 3 is 2.59 bits per heavy atom. The fourth-order valence-corrected chi connectivity index (χ4v) is 6.02. The normalized spacial score (nSPS) is 31.4. The molecule has 0 saturated carbocycles. The maximum absolute atomic E-state index is 10.9. The van der Waals surface area contributed by atoms with Crippen LogP contribution in [-0.4, -0.2) is 52.6 Å². The second-order valence-electron chi connectivity index (χ2n) is 8.99. The summed E-state index contributed by atoms with van der Waals surface area (Å²) >= 11 is 0. The van der Waals surface area contributed by atoms with Crippen molar-refractivity contribution >= 4 is 5.97 Å². The number of fused-ring (bicyclic) bond motifs is 4. The standard InChI is InChI=1S/C23H34N2O2/c1-2-5-21-19-13-20(22-6-3-4-11-25(21)22)16-24(15-19)14-18-9-7-17(8-10-18)12-23(26)27/h7-10,19-22H,2-6,11-16H2,1H3,(H,26,27)/t19-,20+,21-,22-/m0/s1. The molecular weight excluding hydrogens is 336 g/mol. The van der Waals surface area contributed by atoms with Crippen LogP contribution in [-0.2, 0) is 17.8 Å². The van der Waals surface area contributed by atoms with Crippen LogP contribution < -0.4 is 0 Å². The Labute approximate surface area is 163 Å². The first-order chi connectivity index (χ1) is 13.1. The number of rotatable bonds is 6. The maximum Gasteiger partial charge on any atom is 0.307 e. The van der Waals surface area contributed by atoms with Gasteiger partial charge in [-0.2, -0.15) is 0 Å². The van der Waals surface area contributed by atoms with Crippen LogP contribution in [0, 0.1) is 11.8 Å². The van der Waals surface area contributed by atoms with Gasteiger partial charge in [-0.15, -0.1) is 0 Å². The number of carboxylic acid groups (broad SMARTS) is 1. The Hall–Kier alpha value is -1.39. The van der Waals surface area contributed by atoms with E-state index < -0.39 is 5.97 Å². The molecule has 0 unspecified atom stereocenters. The van der Waals surface area contributed by atoms with Gasteiger partial charge in [0.1, 0.15) is 0 Å². The van der Waals surface area contributed by atoms with Crippen molar-refractivity contribution < 1.29 is 9.90 Å². The van der Waals surface area contributed by atoms with E-state index in [0.717, 1.165) is 36.0 Å². The molecule has 3 aliphatic heterocycles. The van der Waals surface area contributed by atoms with Gasteiger partial charge in [-0.3, -0.25) is 14.6 Å². The lowest BCUT2D eigenvalue weighted by Gasteiger charge is -2.57. The minimum absolute atomic E-state index is 0.115. The zero-order valence-electron chi connectivity index (χ0n) is 16.6. The molecule has 2 bridgehead atoms. The molecule has 4 rings (SSSR count). The number of piperidine rings is 3. The molecule has 1 N–H and O–H groups in total. The minimum Gasteiger partial charge on any atom is -0.481 e. The smallest absolute Gasteiger partial charge is 0.307 e. The lowest BCUT2D eigenvalue weighted by atomic mass is 9.71. The van der Waals surface area contributed by atoms with E-state index in [4.69, 9.17) is 5.11 Å². The lowest BCUT2D eigenvalue weighted by molar-refractivity contribution is -0.136. The molecule has 0 spiro atoms. The van der Waals surface area contributed by atoms with Gasteiger partial charge in [-0.25, -0.2) is 0 Å². The molecular formula is C23H34N2O2. The first-order valence-electron chi connectivity index (χ1n) is 10.9. The van der Waals surface area contributed by atoms with Crippen LogP contribution >= 0.6 is 0 Å². The van der Waals surface area contributed by atoms with Crippen LogP contribution in [0.25, 0.3) is 0 Å². The molecule has 4 atom stereocenters. The number of hydrogen-bond donors (Lipinski definition) is 1. The fourth-order valence-electron chi connectivity index (χ4n) is 6.02. The Morgan fingerprint density at radius 2 is 1.85 bits per heavy atom. The molecule has 4 heteroatoms. The first kappa shape index (κ1) is 18.9. The average Bonchev–Trinajstić information content (AvgIpc) is 2.66. The summed E-state index contributed by atoms with van der Waals surface area (Å²) in [6.45, 7) is 7.12. The molecule has 1 aromatic rings. The second-order valence-corrected chi connectivity index (χ2v) is 8.99. The Kier molecular flexibility index (Phi) is 5.84. The molecule has 4 nitrogen and oxygen atoms in total. The maximum atomic E-state index is 10.9. The second kappa shape index (κ2) is 8.32. The SMILES string of the molecule is CCC[C@H]1[C@H]2C[C@H](CN(Cc3ccc(CC(=O)O)cc3)C2)[C@@H]2CCCCN21. The van der Waals surface area contributed by atoms with E-state index in [0.29, 0.717) is 0 Å². The van der Waals surface area contributed by atoms with Gasteiger partial charge in [0.2, 0.25) is 0 Å².